The fourth-order valence-electron chi connectivity index (χ4n) is 5.17. The number of carbonyl (C=O) groups excluding carboxylic acids is 2. The Morgan fingerprint density at radius 2 is 1.83 bits per heavy atom. The third-order valence-corrected chi connectivity index (χ3v) is 7.27. The van der Waals surface area contributed by atoms with Crippen molar-refractivity contribution < 1.29 is 29.7 Å². The van der Waals surface area contributed by atoms with Gasteiger partial charge in [-0.25, -0.2) is 4.79 Å². The number of hydrogen-bond donors (Lipinski definition) is 3. The molecule has 2 aliphatic carbocycles. The van der Waals surface area contributed by atoms with Gasteiger partial charge in [0.15, 0.2) is 11.4 Å². The zero-order chi connectivity index (χ0) is 22.4. The van der Waals surface area contributed by atoms with Crippen LogP contribution in [-0.2, 0) is 14.4 Å². The summed E-state index contributed by atoms with van der Waals surface area (Å²) in [5.41, 5.74) is -2.43. The summed E-state index contributed by atoms with van der Waals surface area (Å²) in [5, 5.41) is 31.3. The van der Waals surface area contributed by atoms with Gasteiger partial charge in [0.05, 0.1) is 6.04 Å². The van der Waals surface area contributed by atoms with Crippen LogP contribution in [0.25, 0.3) is 0 Å². The molecular formula is C23H31NO6. The molecule has 1 amide bonds. The number of Topliss-reactive ketones (excluding diaryl/α,β-unsaturated/α-hetero) is 1. The quantitative estimate of drug-likeness (QED) is 0.273. The lowest BCUT2D eigenvalue weighted by Crippen LogP contribution is -2.49. The minimum absolute atomic E-state index is 0.0964. The standard InChI is InChI=1S/C23H31NO6/c1-12(2)23(30,22(28)29)11-16-19(25)18(21(27)24(16)4)20(26)17-13(3)9-10-14-7-5-6-8-15(14)17/h12-17,26,30H,5-8,11H2,1-4H3,(H,28,29)/b20-18+/t13-,14?,15?,16?,17-,23?/m1/s1. The average molecular weight is 418 g/mol. The lowest BCUT2D eigenvalue weighted by molar-refractivity contribution is -0.166. The van der Waals surface area contributed by atoms with Crippen LogP contribution < -0.4 is 0 Å². The minimum atomic E-state index is -2.15. The summed E-state index contributed by atoms with van der Waals surface area (Å²) in [4.78, 5) is 38.9. The molecule has 0 radical (unpaired) electrons. The predicted molar refractivity (Wildman–Crippen MR) is 109 cm³/mol. The number of amides is 1. The molecule has 3 N–H and O–H groups in total. The molecule has 1 saturated heterocycles. The number of likely N-dealkylation sites (N-methyl/N-ethyl adjacent to an activating group) is 1. The van der Waals surface area contributed by atoms with Gasteiger partial charge in [-0.15, -0.1) is 0 Å². The summed E-state index contributed by atoms with van der Waals surface area (Å²) >= 11 is 0. The Bertz CT molecular complexity index is 849. The molecule has 6 atom stereocenters. The molecular weight excluding hydrogens is 386 g/mol. The second-order valence-corrected chi connectivity index (χ2v) is 9.30. The van der Waals surface area contributed by atoms with Crippen molar-refractivity contribution in [2.45, 2.75) is 64.5 Å². The second kappa shape index (κ2) is 8.07. The van der Waals surface area contributed by atoms with Gasteiger partial charge in [0.2, 0.25) is 0 Å². The first-order valence-electron chi connectivity index (χ1n) is 10.7. The largest absolute Gasteiger partial charge is 0.511 e. The fourth-order valence-corrected chi connectivity index (χ4v) is 5.17. The molecule has 3 rings (SSSR count). The second-order valence-electron chi connectivity index (χ2n) is 9.30. The molecule has 0 aromatic rings. The van der Waals surface area contributed by atoms with Gasteiger partial charge in [-0.2, -0.15) is 0 Å². The number of aliphatic carboxylic acids is 1. The summed E-state index contributed by atoms with van der Waals surface area (Å²) in [6.45, 7) is 5.00. The first-order valence-corrected chi connectivity index (χ1v) is 10.7. The molecule has 3 aliphatic rings. The molecule has 7 heteroatoms. The zero-order valence-corrected chi connectivity index (χ0v) is 18.0. The van der Waals surface area contributed by atoms with Crippen LogP contribution in [0.4, 0.5) is 0 Å². The van der Waals surface area contributed by atoms with Gasteiger partial charge in [0.1, 0.15) is 11.3 Å². The van der Waals surface area contributed by atoms with E-state index in [0.29, 0.717) is 0 Å². The molecule has 0 bridgehead atoms. The van der Waals surface area contributed by atoms with Crippen LogP contribution in [0.3, 0.4) is 0 Å². The topological polar surface area (TPSA) is 115 Å². The molecule has 1 aliphatic heterocycles. The number of carboxylic acid groups (broad SMARTS) is 1. The molecule has 0 aromatic heterocycles. The van der Waals surface area contributed by atoms with Gasteiger partial charge < -0.3 is 20.2 Å². The smallest absolute Gasteiger partial charge is 0.336 e. The van der Waals surface area contributed by atoms with E-state index in [2.05, 4.69) is 11.8 Å². The maximum absolute atomic E-state index is 13.2. The van der Waals surface area contributed by atoms with Crippen LogP contribution >= 0.6 is 0 Å². The highest BCUT2D eigenvalue weighted by Gasteiger charge is 2.52. The summed E-state index contributed by atoms with van der Waals surface area (Å²) in [5.74, 6) is 2.53. The molecule has 7 nitrogen and oxygen atoms in total. The van der Waals surface area contributed by atoms with Crippen LogP contribution in [0.15, 0.2) is 11.3 Å². The molecule has 0 spiro atoms. The number of aliphatic hydroxyl groups excluding tert-OH is 1. The van der Waals surface area contributed by atoms with E-state index in [1.807, 2.05) is 6.92 Å². The van der Waals surface area contributed by atoms with E-state index in [1.165, 1.54) is 7.05 Å². The third kappa shape index (κ3) is 3.51. The molecule has 164 valence electrons. The first-order chi connectivity index (χ1) is 14.0. The number of carboxylic acids is 1. The normalized spacial score (nSPS) is 34.9. The van der Waals surface area contributed by atoms with Gasteiger partial charge in [0.25, 0.3) is 5.91 Å². The van der Waals surface area contributed by atoms with Crippen molar-refractivity contribution in [2.24, 2.45) is 29.6 Å². The van der Waals surface area contributed by atoms with Crippen molar-refractivity contribution in [1.82, 2.24) is 4.90 Å². The first kappa shape index (κ1) is 22.4. The van der Waals surface area contributed by atoms with Gasteiger partial charge in [-0.05, 0) is 24.7 Å². The van der Waals surface area contributed by atoms with Gasteiger partial charge >= 0.3 is 5.97 Å². The maximum Gasteiger partial charge on any atom is 0.336 e. The number of rotatable bonds is 5. The van der Waals surface area contributed by atoms with Crippen LogP contribution in [0, 0.1) is 41.4 Å². The van der Waals surface area contributed by atoms with E-state index in [9.17, 15) is 29.7 Å². The minimum Gasteiger partial charge on any atom is -0.511 e. The SMILES string of the molecule is CC(C)C(O)(CC1C(=O)/C(=C(\O)[C@H]2C3CCCCC3C#C[C@H]2C)C(=O)N1C)C(=O)O. The van der Waals surface area contributed by atoms with E-state index in [0.717, 1.165) is 30.6 Å². The van der Waals surface area contributed by atoms with E-state index in [4.69, 9.17) is 0 Å². The molecule has 1 heterocycles. The van der Waals surface area contributed by atoms with Gasteiger partial charge in [-0.3, -0.25) is 9.59 Å². The van der Waals surface area contributed by atoms with E-state index in [1.54, 1.807) is 13.8 Å². The van der Waals surface area contributed by atoms with Crippen molar-refractivity contribution in [1.29, 1.82) is 0 Å². The number of nitrogens with zero attached hydrogens (tertiary/aromatic N) is 1. The Balaban J connectivity index is 1.97. The van der Waals surface area contributed by atoms with Crippen molar-refractivity contribution in [2.75, 3.05) is 7.05 Å². The maximum atomic E-state index is 13.2. The summed E-state index contributed by atoms with van der Waals surface area (Å²) in [6, 6.07) is -1.13. The Morgan fingerprint density at radius 3 is 2.43 bits per heavy atom. The average Bonchev–Trinajstić information content (AvgIpc) is 2.90. The van der Waals surface area contributed by atoms with Crippen LogP contribution in [0.5, 0.6) is 0 Å². The number of likely N-dealkylation sites (tertiary alicyclic amines) is 1. The number of aliphatic hydroxyl groups is 2. The van der Waals surface area contributed by atoms with E-state index < -0.39 is 47.6 Å². The summed E-state index contributed by atoms with van der Waals surface area (Å²) < 4.78 is 0. The Morgan fingerprint density at radius 1 is 1.20 bits per heavy atom. The van der Waals surface area contributed by atoms with Crippen LogP contribution in [0.2, 0.25) is 0 Å². The molecule has 2 fully saturated rings. The number of allylic oxidation sites excluding steroid dienone is 1. The molecule has 30 heavy (non-hydrogen) atoms. The molecule has 0 aromatic carbocycles. The van der Waals surface area contributed by atoms with Crippen LogP contribution in [-0.4, -0.2) is 56.6 Å². The van der Waals surface area contributed by atoms with E-state index >= 15 is 0 Å². The monoisotopic (exact) mass is 417 g/mol. The highest BCUT2D eigenvalue weighted by Crippen LogP contribution is 2.45. The Labute approximate surface area is 177 Å². The highest BCUT2D eigenvalue weighted by atomic mass is 16.4. The van der Waals surface area contributed by atoms with Crippen LogP contribution in [0.1, 0.15) is 52.9 Å². The summed E-state index contributed by atoms with van der Waals surface area (Å²) in [6.07, 6.45) is 3.52. The van der Waals surface area contributed by atoms with Crippen molar-refractivity contribution >= 4 is 17.7 Å². The lowest BCUT2D eigenvalue weighted by atomic mass is 9.65. The summed E-state index contributed by atoms with van der Waals surface area (Å²) in [7, 11) is 1.40. The Hall–Kier alpha value is -2.33. The van der Waals surface area contributed by atoms with Gasteiger partial charge in [-0.1, -0.05) is 45.5 Å². The highest BCUT2D eigenvalue weighted by molar-refractivity contribution is 6.26. The fraction of sp³-hybridized carbons (Fsp3) is 0.696. The number of hydrogen-bond acceptors (Lipinski definition) is 5. The molecule has 1 saturated carbocycles. The zero-order valence-electron chi connectivity index (χ0n) is 18.0. The third-order valence-electron chi connectivity index (χ3n) is 7.27. The van der Waals surface area contributed by atoms with Crippen molar-refractivity contribution in [3.05, 3.63) is 11.3 Å². The predicted octanol–water partition coefficient (Wildman–Crippen LogP) is 2.15. The van der Waals surface area contributed by atoms with Crippen molar-refractivity contribution in [3.63, 3.8) is 0 Å². The number of ketones is 1. The Kier molecular flexibility index (Phi) is 6.01. The van der Waals surface area contributed by atoms with Gasteiger partial charge in [0, 0.05) is 31.2 Å². The van der Waals surface area contributed by atoms with E-state index in [-0.39, 0.29) is 29.1 Å². The number of carbonyl (C=O) groups is 3. The lowest BCUT2D eigenvalue weighted by Gasteiger charge is -2.39. The van der Waals surface area contributed by atoms with Crippen molar-refractivity contribution in [3.8, 4) is 11.8 Å². The number of fused-ring (bicyclic) bond motifs is 1. The molecule has 4 unspecified atom stereocenters.